The number of nitrogens with one attached hydrogen (secondary N) is 1. The van der Waals surface area contributed by atoms with Crippen molar-refractivity contribution in [2.24, 2.45) is 5.73 Å². The third-order valence-electron chi connectivity index (χ3n) is 4.20. The minimum Gasteiger partial charge on any atom is -0.348 e. The zero-order valence-corrected chi connectivity index (χ0v) is 15.8. The molecule has 2 atom stereocenters. The number of fused-ring (bicyclic) bond motifs is 1. The molecule has 1 aromatic carbocycles. The minimum atomic E-state index is -0.251. The summed E-state index contributed by atoms with van der Waals surface area (Å²) in [6.07, 6.45) is 4.01. The SMILES string of the molecule is CC(N)CCC(=O)NC1CCCc2nc(-c3ccc(F)cc3)sc21.Cl. The molecule has 7 heteroatoms. The number of benzene rings is 1. The first-order valence-corrected chi connectivity index (χ1v) is 9.15. The molecule has 0 saturated heterocycles. The maximum atomic E-state index is 13.1. The molecule has 1 amide bonds. The van der Waals surface area contributed by atoms with E-state index < -0.39 is 0 Å². The standard InChI is InChI=1S/C18H22FN3OS.ClH/c1-11(20)5-10-16(23)21-14-3-2-4-15-17(14)24-18(22-15)12-6-8-13(19)9-7-12;/h6-9,11,14H,2-5,10,20H2,1H3,(H,21,23);1H. The molecule has 2 aromatic rings. The Balaban J connectivity index is 0.00000225. The van der Waals surface area contributed by atoms with Crippen LogP contribution in [0, 0.1) is 5.82 Å². The van der Waals surface area contributed by atoms with Gasteiger partial charge in [-0.25, -0.2) is 9.37 Å². The molecule has 1 aliphatic carbocycles. The van der Waals surface area contributed by atoms with Crippen LogP contribution in [0.4, 0.5) is 4.39 Å². The number of carbonyl (C=O) groups excluding carboxylic acids is 1. The van der Waals surface area contributed by atoms with E-state index in [-0.39, 0.29) is 36.2 Å². The van der Waals surface area contributed by atoms with Gasteiger partial charge in [0, 0.05) is 18.0 Å². The fraction of sp³-hybridized carbons (Fsp3) is 0.444. The second-order valence-corrected chi connectivity index (χ2v) is 7.40. The first kappa shape index (κ1) is 19.8. The zero-order valence-electron chi connectivity index (χ0n) is 14.1. The molecule has 4 nitrogen and oxygen atoms in total. The van der Waals surface area contributed by atoms with Crippen LogP contribution >= 0.6 is 23.7 Å². The predicted molar refractivity (Wildman–Crippen MR) is 101 cm³/mol. The van der Waals surface area contributed by atoms with E-state index in [4.69, 9.17) is 10.7 Å². The Kier molecular flexibility index (Phi) is 6.93. The third kappa shape index (κ3) is 5.00. The topological polar surface area (TPSA) is 68.0 Å². The van der Waals surface area contributed by atoms with Crippen molar-refractivity contribution >= 4 is 29.7 Å². The van der Waals surface area contributed by atoms with Crippen molar-refractivity contribution in [2.75, 3.05) is 0 Å². The number of rotatable bonds is 5. The lowest BCUT2D eigenvalue weighted by Gasteiger charge is -2.22. The van der Waals surface area contributed by atoms with Gasteiger partial charge < -0.3 is 11.1 Å². The van der Waals surface area contributed by atoms with Crippen molar-refractivity contribution in [3.63, 3.8) is 0 Å². The Hall–Kier alpha value is -1.50. The van der Waals surface area contributed by atoms with Gasteiger partial charge in [0.05, 0.1) is 16.6 Å². The van der Waals surface area contributed by atoms with Gasteiger partial charge in [-0.05, 0) is 56.9 Å². The van der Waals surface area contributed by atoms with Gasteiger partial charge in [0.1, 0.15) is 10.8 Å². The maximum Gasteiger partial charge on any atom is 0.220 e. The summed E-state index contributed by atoms with van der Waals surface area (Å²) < 4.78 is 13.1. The van der Waals surface area contributed by atoms with Gasteiger partial charge in [0.15, 0.2) is 0 Å². The van der Waals surface area contributed by atoms with Gasteiger partial charge in [-0.2, -0.15) is 0 Å². The number of aromatic nitrogens is 1. The Morgan fingerprint density at radius 1 is 1.44 bits per heavy atom. The molecular formula is C18H23ClFN3OS. The first-order valence-electron chi connectivity index (χ1n) is 8.33. The van der Waals surface area contributed by atoms with Crippen molar-refractivity contribution in [1.29, 1.82) is 0 Å². The minimum absolute atomic E-state index is 0. The largest absolute Gasteiger partial charge is 0.348 e. The highest BCUT2D eigenvalue weighted by Crippen LogP contribution is 2.38. The zero-order chi connectivity index (χ0) is 17.1. The van der Waals surface area contributed by atoms with E-state index in [0.717, 1.165) is 40.4 Å². The quantitative estimate of drug-likeness (QED) is 0.820. The second-order valence-electron chi connectivity index (χ2n) is 6.37. The Morgan fingerprint density at radius 2 is 2.16 bits per heavy atom. The molecule has 3 rings (SSSR count). The van der Waals surface area contributed by atoms with E-state index in [0.29, 0.717) is 12.8 Å². The van der Waals surface area contributed by atoms with Crippen LogP contribution < -0.4 is 11.1 Å². The first-order chi connectivity index (χ1) is 11.5. The predicted octanol–water partition coefficient (Wildman–Crippen LogP) is 3.99. The van der Waals surface area contributed by atoms with Crippen molar-refractivity contribution in [1.82, 2.24) is 10.3 Å². The number of nitrogens with two attached hydrogens (primary N) is 1. The molecule has 3 N–H and O–H groups in total. The molecule has 0 radical (unpaired) electrons. The summed E-state index contributed by atoms with van der Waals surface area (Å²) in [4.78, 5) is 18.0. The molecule has 1 aromatic heterocycles. The van der Waals surface area contributed by atoms with Crippen LogP contribution in [-0.2, 0) is 11.2 Å². The lowest BCUT2D eigenvalue weighted by atomic mass is 9.98. The van der Waals surface area contributed by atoms with E-state index in [1.165, 1.54) is 12.1 Å². The summed E-state index contributed by atoms with van der Waals surface area (Å²) >= 11 is 1.60. The Labute approximate surface area is 157 Å². The van der Waals surface area contributed by atoms with Gasteiger partial charge >= 0.3 is 0 Å². The number of hydrogen-bond donors (Lipinski definition) is 2. The fourth-order valence-electron chi connectivity index (χ4n) is 2.90. The molecule has 0 spiro atoms. The van der Waals surface area contributed by atoms with E-state index in [1.807, 2.05) is 6.92 Å². The molecule has 2 unspecified atom stereocenters. The van der Waals surface area contributed by atoms with Crippen LogP contribution in [0.1, 0.15) is 49.2 Å². The molecule has 0 aliphatic heterocycles. The molecule has 136 valence electrons. The number of aryl methyl sites for hydroxylation is 1. The van der Waals surface area contributed by atoms with Crippen molar-refractivity contribution in [3.8, 4) is 10.6 Å². The van der Waals surface area contributed by atoms with E-state index in [2.05, 4.69) is 5.32 Å². The average molecular weight is 384 g/mol. The van der Waals surface area contributed by atoms with E-state index in [9.17, 15) is 9.18 Å². The lowest BCUT2D eigenvalue weighted by molar-refractivity contribution is -0.122. The van der Waals surface area contributed by atoms with Gasteiger partial charge in [0.25, 0.3) is 0 Å². The smallest absolute Gasteiger partial charge is 0.220 e. The number of carbonyl (C=O) groups is 1. The fourth-order valence-corrected chi connectivity index (χ4v) is 4.10. The van der Waals surface area contributed by atoms with Crippen molar-refractivity contribution in [2.45, 2.75) is 51.1 Å². The molecule has 1 aliphatic rings. The molecule has 25 heavy (non-hydrogen) atoms. The molecular weight excluding hydrogens is 361 g/mol. The van der Waals surface area contributed by atoms with Crippen LogP contribution in [0.25, 0.3) is 10.6 Å². The highest BCUT2D eigenvalue weighted by Gasteiger charge is 2.26. The lowest BCUT2D eigenvalue weighted by Crippen LogP contribution is -2.31. The highest BCUT2D eigenvalue weighted by molar-refractivity contribution is 7.15. The van der Waals surface area contributed by atoms with Gasteiger partial charge in [-0.3, -0.25) is 4.79 Å². The van der Waals surface area contributed by atoms with E-state index in [1.54, 1.807) is 23.5 Å². The molecule has 1 heterocycles. The maximum absolute atomic E-state index is 13.1. The van der Waals surface area contributed by atoms with Crippen molar-refractivity contribution < 1.29 is 9.18 Å². The van der Waals surface area contributed by atoms with Crippen molar-refractivity contribution in [3.05, 3.63) is 40.7 Å². The molecule has 0 bridgehead atoms. The Bertz CT molecular complexity index is 718. The van der Waals surface area contributed by atoms with Crippen LogP contribution in [0.15, 0.2) is 24.3 Å². The summed E-state index contributed by atoms with van der Waals surface area (Å²) in [5, 5.41) is 4.01. The third-order valence-corrected chi connectivity index (χ3v) is 5.46. The number of halogens is 2. The van der Waals surface area contributed by atoms with Gasteiger partial charge in [-0.15, -0.1) is 23.7 Å². The number of hydrogen-bond acceptors (Lipinski definition) is 4. The number of amides is 1. The molecule has 0 saturated carbocycles. The number of nitrogens with zero attached hydrogens (tertiary/aromatic N) is 1. The summed E-state index contributed by atoms with van der Waals surface area (Å²) in [7, 11) is 0. The van der Waals surface area contributed by atoms with Gasteiger partial charge in [-0.1, -0.05) is 0 Å². The van der Waals surface area contributed by atoms with E-state index >= 15 is 0 Å². The van der Waals surface area contributed by atoms with Gasteiger partial charge in [0.2, 0.25) is 5.91 Å². The highest BCUT2D eigenvalue weighted by atomic mass is 35.5. The second kappa shape index (κ2) is 8.74. The van der Waals surface area contributed by atoms with Crippen LogP contribution in [0.5, 0.6) is 0 Å². The monoisotopic (exact) mass is 383 g/mol. The summed E-state index contributed by atoms with van der Waals surface area (Å²) in [6, 6.07) is 6.45. The average Bonchev–Trinajstić information content (AvgIpc) is 2.99. The van der Waals surface area contributed by atoms with Crippen LogP contribution in [0.2, 0.25) is 0 Å². The summed E-state index contributed by atoms with van der Waals surface area (Å²) in [5.41, 5.74) is 7.69. The normalized spacial score (nSPS) is 17.3. The molecule has 0 fully saturated rings. The van der Waals surface area contributed by atoms with Crippen LogP contribution in [0.3, 0.4) is 0 Å². The summed E-state index contributed by atoms with van der Waals surface area (Å²) in [5.74, 6) is -0.207. The number of thiazole rings is 1. The van der Waals surface area contributed by atoms with Crippen LogP contribution in [-0.4, -0.2) is 16.9 Å². The summed E-state index contributed by atoms with van der Waals surface area (Å²) in [6.45, 7) is 1.91. The Morgan fingerprint density at radius 3 is 2.84 bits per heavy atom.